The zero-order chi connectivity index (χ0) is 14.0. The molecule has 0 aliphatic carbocycles. The topological polar surface area (TPSA) is 90.1 Å². The number of aliphatic hydroxyl groups excluding tert-OH is 1. The highest BCUT2D eigenvalue weighted by atomic mass is 19.1. The third kappa shape index (κ3) is 2.58. The number of methoxy groups -OCH3 is 1. The first kappa shape index (κ1) is 13.1. The minimum Gasteiger partial charge on any atom is -0.465 e. The fourth-order valence-electron chi connectivity index (χ4n) is 1.41. The van der Waals surface area contributed by atoms with Crippen LogP contribution < -0.4 is 0 Å². The molecule has 8 heteroatoms. The molecule has 19 heavy (non-hydrogen) atoms. The van der Waals surface area contributed by atoms with Crippen molar-refractivity contribution in [2.24, 2.45) is 0 Å². The summed E-state index contributed by atoms with van der Waals surface area (Å²) in [4.78, 5) is 12.3. The minimum atomic E-state index is -0.868. The normalized spacial score (nSPS) is 12.2. The Hall–Kier alpha value is -2.35. The number of aliphatic hydroxyl groups is 1. The first-order chi connectivity index (χ1) is 9.02. The largest absolute Gasteiger partial charge is 0.465 e. The van der Waals surface area contributed by atoms with E-state index in [9.17, 15) is 14.3 Å². The summed E-state index contributed by atoms with van der Waals surface area (Å²) in [5, 5.41) is 20.4. The van der Waals surface area contributed by atoms with Crippen molar-refractivity contribution in [3.8, 4) is 5.69 Å². The number of tetrazole rings is 1. The van der Waals surface area contributed by atoms with Gasteiger partial charge in [-0.15, -0.1) is 15.0 Å². The molecule has 1 heterocycles. The Labute approximate surface area is 107 Å². The van der Waals surface area contributed by atoms with Crippen LogP contribution in [0.4, 0.5) is 4.39 Å². The summed E-state index contributed by atoms with van der Waals surface area (Å²) in [7, 11) is 1.17. The van der Waals surface area contributed by atoms with Gasteiger partial charge in [0.05, 0.1) is 18.4 Å². The first-order valence-corrected chi connectivity index (χ1v) is 5.39. The lowest BCUT2D eigenvalue weighted by Gasteiger charge is -2.03. The summed E-state index contributed by atoms with van der Waals surface area (Å²) in [6.07, 6.45) is -0.868. The number of esters is 1. The highest BCUT2D eigenvalue weighted by Gasteiger charge is 2.15. The van der Waals surface area contributed by atoms with Gasteiger partial charge in [0, 0.05) is 6.07 Å². The van der Waals surface area contributed by atoms with Crippen LogP contribution >= 0.6 is 0 Å². The Morgan fingerprint density at radius 1 is 1.53 bits per heavy atom. The number of hydrogen-bond donors (Lipinski definition) is 1. The summed E-state index contributed by atoms with van der Waals surface area (Å²) in [5.74, 6) is -1.39. The second kappa shape index (κ2) is 5.11. The van der Waals surface area contributed by atoms with Gasteiger partial charge in [-0.2, -0.15) is 0 Å². The maximum Gasteiger partial charge on any atom is 0.340 e. The predicted octanol–water partition coefficient (Wildman–Crippen LogP) is 0.641. The van der Waals surface area contributed by atoms with E-state index in [1.807, 2.05) is 0 Å². The number of nitrogens with zero attached hydrogens (tertiary/aromatic N) is 4. The summed E-state index contributed by atoms with van der Waals surface area (Å²) >= 11 is 0. The molecule has 2 rings (SSSR count). The maximum atomic E-state index is 13.7. The number of carbonyl (C=O) groups excluding carboxylic acids is 1. The molecule has 0 bridgehead atoms. The van der Waals surface area contributed by atoms with Crippen LogP contribution in [0.3, 0.4) is 0 Å². The molecule has 0 spiro atoms. The van der Waals surface area contributed by atoms with Gasteiger partial charge in [-0.3, -0.25) is 0 Å². The fourth-order valence-corrected chi connectivity index (χ4v) is 1.41. The molecule has 100 valence electrons. The Morgan fingerprint density at radius 2 is 2.26 bits per heavy atom. The van der Waals surface area contributed by atoms with Crippen molar-refractivity contribution in [2.45, 2.75) is 13.0 Å². The molecule has 1 unspecified atom stereocenters. The van der Waals surface area contributed by atoms with E-state index >= 15 is 0 Å². The second-order valence-corrected chi connectivity index (χ2v) is 3.77. The minimum absolute atomic E-state index is 0.123. The van der Waals surface area contributed by atoms with Gasteiger partial charge in [-0.1, -0.05) is 0 Å². The number of rotatable bonds is 3. The highest BCUT2D eigenvalue weighted by molar-refractivity contribution is 5.89. The van der Waals surface area contributed by atoms with E-state index in [2.05, 4.69) is 20.1 Å². The third-order valence-corrected chi connectivity index (χ3v) is 2.39. The maximum absolute atomic E-state index is 13.7. The molecular formula is C11H11FN4O3. The summed E-state index contributed by atoms with van der Waals surface area (Å²) in [6.45, 7) is 1.49. The van der Waals surface area contributed by atoms with Crippen LogP contribution in [0.1, 0.15) is 29.2 Å². The number of halogens is 1. The molecule has 0 fully saturated rings. The Bertz CT molecular complexity index is 612. The standard InChI is InChI=1S/C11H11FN4O3/c1-6(17)10-13-15-16(14-10)7-3-4-8(9(12)5-7)11(18)19-2/h3-6,17H,1-2H3. The molecule has 7 nitrogen and oxygen atoms in total. The van der Waals surface area contributed by atoms with Crippen LogP contribution in [0.2, 0.25) is 0 Å². The summed E-state index contributed by atoms with van der Waals surface area (Å²) in [6, 6.07) is 3.80. The van der Waals surface area contributed by atoms with E-state index in [0.717, 1.165) is 10.9 Å². The lowest BCUT2D eigenvalue weighted by molar-refractivity contribution is 0.0595. The van der Waals surface area contributed by atoms with E-state index < -0.39 is 17.9 Å². The van der Waals surface area contributed by atoms with Gasteiger partial charge >= 0.3 is 5.97 Å². The highest BCUT2D eigenvalue weighted by Crippen LogP contribution is 2.14. The van der Waals surface area contributed by atoms with Crippen molar-refractivity contribution in [3.05, 3.63) is 35.4 Å². The van der Waals surface area contributed by atoms with Gasteiger partial charge in [0.25, 0.3) is 0 Å². The van der Waals surface area contributed by atoms with Gasteiger partial charge in [-0.25, -0.2) is 9.18 Å². The molecule has 0 saturated heterocycles. The number of benzene rings is 1. The van der Waals surface area contributed by atoms with Crippen molar-refractivity contribution in [2.75, 3.05) is 7.11 Å². The average Bonchev–Trinajstić information content (AvgIpc) is 2.87. The first-order valence-electron chi connectivity index (χ1n) is 5.39. The molecule has 1 N–H and O–H groups in total. The number of carbonyl (C=O) groups is 1. The van der Waals surface area contributed by atoms with Gasteiger partial charge in [0.2, 0.25) is 5.82 Å². The molecule has 0 radical (unpaired) electrons. The van der Waals surface area contributed by atoms with Crippen molar-refractivity contribution < 1.29 is 19.0 Å². The number of ether oxygens (including phenoxy) is 1. The molecule has 1 aromatic carbocycles. The number of aromatic nitrogens is 4. The molecular weight excluding hydrogens is 255 g/mol. The van der Waals surface area contributed by atoms with Crippen molar-refractivity contribution in [1.82, 2.24) is 20.2 Å². The quantitative estimate of drug-likeness (QED) is 0.820. The van der Waals surface area contributed by atoms with Crippen molar-refractivity contribution in [1.29, 1.82) is 0 Å². The van der Waals surface area contributed by atoms with Gasteiger partial charge in [0.15, 0.2) is 0 Å². The third-order valence-electron chi connectivity index (χ3n) is 2.39. The van der Waals surface area contributed by atoms with E-state index in [0.29, 0.717) is 0 Å². The van der Waals surface area contributed by atoms with Crippen molar-refractivity contribution in [3.63, 3.8) is 0 Å². The summed E-state index contributed by atoms with van der Waals surface area (Å²) in [5.41, 5.74) is 0.103. The molecule has 1 atom stereocenters. The molecule has 0 amide bonds. The van der Waals surface area contributed by atoms with Gasteiger partial charge in [-0.05, 0) is 24.3 Å². The monoisotopic (exact) mass is 266 g/mol. The number of hydrogen-bond acceptors (Lipinski definition) is 6. The molecule has 1 aromatic heterocycles. The van der Waals surface area contributed by atoms with Crippen molar-refractivity contribution >= 4 is 5.97 Å². The Morgan fingerprint density at radius 3 is 2.79 bits per heavy atom. The van der Waals surface area contributed by atoms with Crippen LogP contribution in [0.25, 0.3) is 5.69 Å². The smallest absolute Gasteiger partial charge is 0.340 e. The van der Waals surface area contributed by atoms with E-state index in [-0.39, 0.29) is 17.1 Å². The van der Waals surface area contributed by atoms with Gasteiger partial charge in [0.1, 0.15) is 11.9 Å². The Kier molecular flexibility index (Phi) is 3.52. The van der Waals surface area contributed by atoms with Crippen LogP contribution in [-0.4, -0.2) is 38.4 Å². The average molecular weight is 266 g/mol. The predicted molar refractivity (Wildman–Crippen MR) is 61.1 cm³/mol. The van der Waals surface area contributed by atoms with Crippen LogP contribution in [0.5, 0.6) is 0 Å². The zero-order valence-corrected chi connectivity index (χ0v) is 10.2. The molecule has 0 aliphatic rings. The van der Waals surface area contributed by atoms with Crippen LogP contribution in [0, 0.1) is 5.82 Å². The summed E-state index contributed by atoms with van der Waals surface area (Å²) < 4.78 is 18.1. The molecule has 0 aliphatic heterocycles. The van der Waals surface area contributed by atoms with E-state index in [1.165, 1.54) is 26.2 Å². The van der Waals surface area contributed by atoms with E-state index in [4.69, 9.17) is 0 Å². The zero-order valence-electron chi connectivity index (χ0n) is 10.2. The lowest BCUT2D eigenvalue weighted by atomic mass is 10.2. The van der Waals surface area contributed by atoms with Crippen LogP contribution in [-0.2, 0) is 4.74 Å². The van der Waals surface area contributed by atoms with E-state index in [1.54, 1.807) is 0 Å². The van der Waals surface area contributed by atoms with Crippen LogP contribution in [0.15, 0.2) is 18.2 Å². The second-order valence-electron chi connectivity index (χ2n) is 3.77. The molecule has 0 saturated carbocycles. The van der Waals surface area contributed by atoms with Gasteiger partial charge < -0.3 is 9.84 Å². The SMILES string of the molecule is COC(=O)c1ccc(-n2nnc(C(C)O)n2)cc1F. The Balaban J connectivity index is 2.35. The molecule has 2 aromatic rings. The fraction of sp³-hybridized carbons (Fsp3) is 0.273. The lowest BCUT2D eigenvalue weighted by Crippen LogP contribution is -2.07.